The van der Waals surface area contributed by atoms with Crippen molar-refractivity contribution >= 4 is 6.16 Å². The van der Waals surface area contributed by atoms with Gasteiger partial charge in [0.25, 0.3) is 0 Å². The molecule has 0 heterocycles. The Balaban J connectivity index is 0.000000444. The summed E-state index contributed by atoms with van der Waals surface area (Å²) in [4.78, 5) is 8.56. The van der Waals surface area contributed by atoms with E-state index in [9.17, 15) is 0 Å². The van der Waals surface area contributed by atoms with Gasteiger partial charge in [0.2, 0.25) is 0 Å². The molecule has 0 radical (unpaired) electrons. The summed E-state index contributed by atoms with van der Waals surface area (Å²) >= 11 is 0. The average Bonchev–Trinajstić information content (AvgIpc) is 2.46. The monoisotopic (exact) mass is 274 g/mol. The van der Waals surface area contributed by atoms with Crippen LogP contribution in [0.5, 0.6) is 0 Å². The lowest BCUT2D eigenvalue weighted by atomic mass is 9.92. The second kappa shape index (κ2) is 8.72. The Kier molecular flexibility index (Phi) is 6.85. The number of hydrogen-bond acceptors (Lipinski definition) is 2. The topological polar surface area (TPSA) is 66.8 Å². The summed E-state index contributed by atoms with van der Waals surface area (Å²) < 4.78 is 5.31. The second-order valence-electron chi connectivity index (χ2n) is 4.11. The molecule has 0 saturated heterocycles. The van der Waals surface area contributed by atoms with Crippen molar-refractivity contribution in [1.82, 2.24) is 0 Å². The molecule has 2 aromatic carbocycles. The fourth-order valence-corrected chi connectivity index (χ4v) is 1.92. The lowest BCUT2D eigenvalue weighted by Gasteiger charge is -2.16. The van der Waals surface area contributed by atoms with Crippen LogP contribution in [0.25, 0.3) is 0 Å². The van der Waals surface area contributed by atoms with Gasteiger partial charge in [0.05, 0.1) is 6.61 Å². The van der Waals surface area contributed by atoms with Crippen molar-refractivity contribution in [2.75, 3.05) is 13.7 Å². The lowest BCUT2D eigenvalue weighted by Crippen LogP contribution is -2.07. The number of ether oxygens (including phenoxy) is 1. The van der Waals surface area contributed by atoms with Gasteiger partial charge in [0.15, 0.2) is 0 Å². The summed E-state index contributed by atoms with van der Waals surface area (Å²) in [5, 5.41) is 13.9. The van der Waals surface area contributed by atoms with Crippen LogP contribution in [-0.4, -0.2) is 30.1 Å². The molecule has 0 aliphatic carbocycles. The molecule has 0 aromatic heterocycles. The normalized spacial score (nSPS) is 9.70. The third kappa shape index (κ3) is 5.54. The van der Waals surface area contributed by atoms with Crippen LogP contribution in [0.1, 0.15) is 17.0 Å². The minimum atomic E-state index is -1.83. The van der Waals surface area contributed by atoms with Gasteiger partial charge in [-0.05, 0) is 11.1 Å². The molecule has 4 nitrogen and oxygen atoms in total. The smallest absolute Gasteiger partial charge is 0.450 e. The molecule has 0 saturated carbocycles. The number of methoxy groups -OCH3 is 1. The maximum atomic E-state index is 8.56. The first-order valence-electron chi connectivity index (χ1n) is 6.16. The fraction of sp³-hybridized carbons (Fsp3) is 0.188. The molecule has 106 valence electrons. The van der Waals surface area contributed by atoms with E-state index in [0.717, 1.165) is 0 Å². The molecule has 2 rings (SSSR count). The third-order valence-electron chi connectivity index (χ3n) is 2.74. The van der Waals surface area contributed by atoms with E-state index < -0.39 is 6.16 Å². The van der Waals surface area contributed by atoms with Gasteiger partial charge in [0, 0.05) is 13.0 Å². The molecular formula is C16H18O4. The quantitative estimate of drug-likeness (QED) is 0.892. The van der Waals surface area contributed by atoms with E-state index in [1.165, 1.54) is 11.1 Å². The van der Waals surface area contributed by atoms with Gasteiger partial charge >= 0.3 is 6.16 Å². The largest absolute Gasteiger partial charge is 0.503 e. The average molecular weight is 274 g/mol. The predicted molar refractivity (Wildman–Crippen MR) is 77.3 cm³/mol. The number of carbonyl (C=O) groups is 1. The summed E-state index contributed by atoms with van der Waals surface area (Å²) in [7, 11) is 1.75. The highest BCUT2D eigenvalue weighted by Crippen LogP contribution is 2.24. The van der Waals surface area contributed by atoms with E-state index in [1.54, 1.807) is 7.11 Å². The van der Waals surface area contributed by atoms with E-state index in [2.05, 4.69) is 48.5 Å². The Bertz CT molecular complexity index is 453. The van der Waals surface area contributed by atoms with Crippen LogP contribution in [0, 0.1) is 0 Å². The summed E-state index contributed by atoms with van der Waals surface area (Å²) in [5.41, 5.74) is 2.60. The molecule has 0 spiro atoms. The predicted octanol–water partition coefficient (Wildman–Crippen LogP) is 3.69. The van der Waals surface area contributed by atoms with Crippen molar-refractivity contribution in [3.8, 4) is 0 Å². The van der Waals surface area contributed by atoms with Gasteiger partial charge in [-0.25, -0.2) is 4.79 Å². The van der Waals surface area contributed by atoms with Crippen LogP contribution in [0.3, 0.4) is 0 Å². The first kappa shape index (κ1) is 15.7. The maximum Gasteiger partial charge on any atom is 0.503 e. The Labute approximate surface area is 118 Å². The van der Waals surface area contributed by atoms with Crippen molar-refractivity contribution in [2.24, 2.45) is 0 Å². The van der Waals surface area contributed by atoms with Crippen LogP contribution in [-0.2, 0) is 4.74 Å². The van der Waals surface area contributed by atoms with Crippen molar-refractivity contribution in [2.45, 2.75) is 5.92 Å². The van der Waals surface area contributed by atoms with Crippen molar-refractivity contribution < 1.29 is 19.7 Å². The highest BCUT2D eigenvalue weighted by atomic mass is 16.6. The zero-order chi connectivity index (χ0) is 14.8. The molecule has 0 atom stereocenters. The SMILES string of the molecule is COCC(c1ccccc1)c1ccccc1.O=C(O)O. The van der Waals surface area contributed by atoms with Gasteiger partial charge in [0.1, 0.15) is 0 Å². The first-order valence-corrected chi connectivity index (χ1v) is 6.16. The highest BCUT2D eigenvalue weighted by molar-refractivity contribution is 5.53. The van der Waals surface area contributed by atoms with Crippen LogP contribution >= 0.6 is 0 Å². The van der Waals surface area contributed by atoms with Crippen LogP contribution in [0.2, 0.25) is 0 Å². The van der Waals surface area contributed by atoms with Crippen molar-refractivity contribution in [3.05, 3.63) is 71.8 Å². The zero-order valence-corrected chi connectivity index (χ0v) is 11.3. The Morgan fingerprint density at radius 1 is 0.950 bits per heavy atom. The molecule has 2 N–H and O–H groups in total. The molecule has 4 heteroatoms. The molecule has 0 fully saturated rings. The lowest BCUT2D eigenvalue weighted by molar-refractivity contribution is 0.137. The van der Waals surface area contributed by atoms with E-state index in [4.69, 9.17) is 19.7 Å². The molecule has 0 bridgehead atoms. The minimum absolute atomic E-state index is 0.326. The van der Waals surface area contributed by atoms with E-state index in [-0.39, 0.29) is 0 Å². The first-order chi connectivity index (χ1) is 9.65. The van der Waals surface area contributed by atoms with Gasteiger partial charge in [-0.15, -0.1) is 0 Å². The summed E-state index contributed by atoms with van der Waals surface area (Å²) in [6.07, 6.45) is -1.83. The van der Waals surface area contributed by atoms with Gasteiger partial charge in [-0.3, -0.25) is 0 Å². The minimum Gasteiger partial charge on any atom is -0.450 e. The molecular weight excluding hydrogens is 256 g/mol. The molecule has 0 aliphatic heterocycles. The number of benzene rings is 2. The number of carboxylic acid groups (broad SMARTS) is 2. The number of rotatable bonds is 4. The van der Waals surface area contributed by atoms with Gasteiger partial charge < -0.3 is 14.9 Å². The summed E-state index contributed by atoms with van der Waals surface area (Å²) in [5.74, 6) is 0.326. The third-order valence-corrected chi connectivity index (χ3v) is 2.74. The standard InChI is InChI=1S/C15H16O.CH2O3/c1-16-12-15(13-8-4-2-5-9-13)14-10-6-3-7-11-14;2-1(3)4/h2-11,15H,12H2,1H3;(H2,2,3,4). The van der Waals surface area contributed by atoms with Gasteiger partial charge in [-0.2, -0.15) is 0 Å². The zero-order valence-electron chi connectivity index (χ0n) is 11.3. The molecule has 0 amide bonds. The highest BCUT2D eigenvalue weighted by Gasteiger charge is 2.12. The van der Waals surface area contributed by atoms with Crippen LogP contribution in [0.4, 0.5) is 4.79 Å². The maximum absolute atomic E-state index is 8.56. The molecule has 0 unspecified atom stereocenters. The molecule has 0 aliphatic rings. The van der Waals surface area contributed by atoms with Crippen LogP contribution in [0.15, 0.2) is 60.7 Å². The summed E-state index contributed by atoms with van der Waals surface area (Å²) in [6, 6.07) is 21.0. The van der Waals surface area contributed by atoms with Gasteiger partial charge in [-0.1, -0.05) is 60.7 Å². The van der Waals surface area contributed by atoms with E-state index in [1.807, 2.05) is 12.1 Å². The Morgan fingerprint density at radius 2 is 1.30 bits per heavy atom. The van der Waals surface area contributed by atoms with E-state index >= 15 is 0 Å². The summed E-state index contributed by atoms with van der Waals surface area (Å²) in [6.45, 7) is 0.716. The van der Waals surface area contributed by atoms with Crippen molar-refractivity contribution in [3.63, 3.8) is 0 Å². The van der Waals surface area contributed by atoms with Crippen LogP contribution < -0.4 is 0 Å². The number of hydrogen-bond donors (Lipinski definition) is 2. The molecule has 2 aromatic rings. The Hall–Kier alpha value is -2.33. The second-order valence-corrected chi connectivity index (χ2v) is 4.11. The van der Waals surface area contributed by atoms with E-state index in [0.29, 0.717) is 12.5 Å². The van der Waals surface area contributed by atoms with Crippen molar-refractivity contribution in [1.29, 1.82) is 0 Å². The Morgan fingerprint density at radius 3 is 1.60 bits per heavy atom. The molecule has 20 heavy (non-hydrogen) atoms. The fourth-order valence-electron chi connectivity index (χ4n) is 1.92.